The first kappa shape index (κ1) is 36.8. The molecule has 2 aliphatic rings. The van der Waals surface area contributed by atoms with Crippen LogP contribution in [0.2, 0.25) is 0 Å². The second-order valence-corrected chi connectivity index (χ2v) is 15.5. The van der Waals surface area contributed by atoms with Crippen LogP contribution >= 0.6 is 0 Å². The van der Waals surface area contributed by atoms with Gasteiger partial charge in [-0.3, -0.25) is 9.59 Å². The number of hydrogen-bond acceptors (Lipinski definition) is 4. The van der Waals surface area contributed by atoms with Gasteiger partial charge >= 0.3 is 0 Å². The SMILES string of the molecule is O=C1/C(=C/c2cccc(-c3cccc(/C=C4\CCc5c(-c6ccccc6)cc(-c6ccccc6)nc5C4=O)c3)c2)CCc2c(-c3ccccc3)cc(-c3ccccc3)nc21. The number of carbonyl (C=O) groups excluding carboxylic acids is 2. The van der Waals surface area contributed by atoms with E-state index in [1.54, 1.807) is 0 Å². The zero-order valence-electron chi connectivity index (χ0n) is 33.0. The van der Waals surface area contributed by atoms with Crippen molar-refractivity contribution >= 4 is 23.7 Å². The van der Waals surface area contributed by atoms with E-state index in [1.807, 2.05) is 133 Å². The Bertz CT molecular complexity index is 2780. The molecule has 0 bridgehead atoms. The van der Waals surface area contributed by atoms with E-state index in [1.165, 1.54) is 0 Å². The summed E-state index contributed by atoms with van der Waals surface area (Å²) in [5.74, 6) is -0.0459. The molecule has 0 aliphatic heterocycles. The van der Waals surface area contributed by atoms with Crippen LogP contribution in [-0.4, -0.2) is 21.5 Å². The predicted molar refractivity (Wildman–Crippen MR) is 243 cm³/mol. The highest BCUT2D eigenvalue weighted by Crippen LogP contribution is 2.38. The van der Waals surface area contributed by atoms with Crippen molar-refractivity contribution in [1.82, 2.24) is 9.97 Å². The number of allylic oxidation sites excluding steroid dienone is 2. The molecule has 10 rings (SSSR count). The Morgan fingerprint density at radius 2 is 0.700 bits per heavy atom. The van der Waals surface area contributed by atoms with Crippen molar-refractivity contribution < 1.29 is 9.59 Å². The molecule has 0 N–H and O–H groups in total. The summed E-state index contributed by atoms with van der Waals surface area (Å²) in [5.41, 5.74) is 16.4. The molecule has 0 unspecified atom stereocenters. The molecule has 2 heterocycles. The Morgan fingerprint density at radius 3 is 1.08 bits per heavy atom. The van der Waals surface area contributed by atoms with Crippen LogP contribution in [0.4, 0.5) is 0 Å². The van der Waals surface area contributed by atoms with Crippen molar-refractivity contribution in [2.45, 2.75) is 25.7 Å². The summed E-state index contributed by atoms with van der Waals surface area (Å²) in [7, 11) is 0. The number of ketones is 2. The number of hydrogen-bond donors (Lipinski definition) is 0. The lowest BCUT2D eigenvalue weighted by Gasteiger charge is -2.22. The van der Waals surface area contributed by atoms with Crippen molar-refractivity contribution in [3.63, 3.8) is 0 Å². The maximum atomic E-state index is 14.3. The molecule has 2 aliphatic carbocycles. The first-order valence-corrected chi connectivity index (χ1v) is 20.6. The fraction of sp³-hybridized carbons (Fsp3) is 0.0714. The highest BCUT2D eigenvalue weighted by molar-refractivity contribution is 6.14. The zero-order chi connectivity index (χ0) is 40.4. The molecule has 0 atom stereocenters. The molecular weight excluding hydrogens is 733 g/mol. The van der Waals surface area contributed by atoms with Gasteiger partial charge < -0.3 is 0 Å². The van der Waals surface area contributed by atoms with Crippen molar-refractivity contribution in [3.8, 4) is 55.9 Å². The van der Waals surface area contributed by atoms with Gasteiger partial charge in [0.15, 0.2) is 0 Å². The number of rotatable bonds is 7. The molecule has 0 fully saturated rings. The summed E-state index contributed by atoms with van der Waals surface area (Å²) in [6, 6.07) is 61.6. The Hall–Kier alpha value is -7.56. The molecule has 0 spiro atoms. The summed E-state index contributed by atoms with van der Waals surface area (Å²) in [4.78, 5) is 38.6. The number of benzene rings is 6. The minimum Gasteiger partial charge on any atom is -0.287 e. The standard InChI is InChI=1S/C56H40N2O2/c59-55-45(27-29-47-49(39-17-5-1-6-18-39)35-51(57-53(47)55)41-21-9-3-10-22-41)33-37-15-13-25-43(31-37)44-26-14-16-38(32-44)34-46-28-30-48-50(40-19-7-2-8-20-40)36-52(58-54(48)56(46)60)42-23-11-4-12-24-42/h1-26,31-36H,27-30H2/b45-33+,46-34+. The Balaban J connectivity index is 0.951. The summed E-state index contributed by atoms with van der Waals surface area (Å²) in [5, 5.41) is 0. The lowest BCUT2D eigenvalue weighted by molar-refractivity contribution is 0.101. The number of Topliss-reactive ketones (excluding diaryl/α,β-unsaturated/α-hetero) is 2. The van der Waals surface area contributed by atoms with Crippen LogP contribution in [0.1, 0.15) is 56.1 Å². The van der Waals surface area contributed by atoms with Crippen molar-refractivity contribution in [3.05, 3.63) is 227 Å². The summed E-state index contributed by atoms with van der Waals surface area (Å²) in [6.07, 6.45) is 6.79. The van der Waals surface area contributed by atoms with E-state index in [9.17, 15) is 9.59 Å². The molecular formula is C56H40N2O2. The van der Waals surface area contributed by atoms with Gasteiger partial charge in [-0.15, -0.1) is 0 Å². The quantitative estimate of drug-likeness (QED) is 0.151. The van der Waals surface area contributed by atoms with Crippen LogP contribution < -0.4 is 0 Å². The van der Waals surface area contributed by atoms with Crippen LogP contribution in [0.5, 0.6) is 0 Å². The molecule has 0 saturated carbocycles. The molecule has 60 heavy (non-hydrogen) atoms. The number of pyridine rings is 2. The monoisotopic (exact) mass is 772 g/mol. The van der Waals surface area contributed by atoms with Crippen LogP contribution in [0.3, 0.4) is 0 Å². The van der Waals surface area contributed by atoms with Crippen LogP contribution in [0, 0.1) is 0 Å². The van der Waals surface area contributed by atoms with Gasteiger partial charge in [-0.05, 0) is 118 Å². The normalized spacial score (nSPS) is 14.9. The minimum absolute atomic E-state index is 0.0229. The first-order valence-electron chi connectivity index (χ1n) is 20.6. The lowest BCUT2D eigenvalue weighted by atomic mass is 9.84. The summed E-state index contributed by atoms with van der Waals surface area (Å²) in [6.45, 7) is 0. The second kappa shape index (κ2) is 16.0. The average molecular weight is 773 g/mol. The molecule has 2 aromatic heterocycles. The molecule has 4 heteroatoms. The molecule has 0 amide bonds. The fourth-order valence-corrected chi connectivity index (χ4v) is 8.63. The Morgan fingerprint density at radius 1 is 0.350 bits per heavy atom. The van der Waals surface area contributed by atoms with Crippen molar-refractivity contribution in [2.24, 2.45) is 0 Å². The van der Waals surface area contributed by atoms with Gasteiger partial charge in [-0.2, -0.15) is 0 Å². The van der Waals surface area contributed by atoms with Gasteiger partial charge in [0.2, 0.25) is 11.6 Å². The minimum atomic E-state index is -0.0229. The topological polar surface area (TPSA) is 59.9 Å². The van der Waals surface area contributed by atoms with E-state index in [-0.39, 0.29) is 11.6 Å². The van der Waals surface area contributed by atoms with E-state index in [0.717, 1.165) is 102 Å². The average Bonchev–Trinajstić information content (AvgIpc) is 3.31. The van der Waals surface area contributed by atoms with E-state index in [4.69, 9.17) is 9.97 Å². The van der Waals surface area contributed by atoms with Gasteiger partial charge in [-0.25, -0.2) is 9.97 Å². The van der Waals surface area contributed by atoms with Crippen LogP contribution in [0.25, 0.3) is 68.0 Å². The van der Waals surface area contributed by atoms with E-state index in [0.29, 0.717) is 24.2 Å². The third kappa shape index (κ3) is 7.25. The molecule has 6 aromatic carbocycles. The number of carbonyl (C=O) groups is 2. The highest BCUT2D eigenvalue weighted by Gasteiger charge is 2.29. The molecule has 8 aromatic rings. The predicted octanol–water partition coefficient (Wildman–Crippen LogP) is 13.2. The van der Waals surface area contributed by atoms with Crippen LogP contribution in [0.15, 0.2) is 193 Å². The van der Waals surface area contributed by atoms with Crippen LogP contribution in [-0.2, 0) is 12.8 Å². The van der Waals surface area contributed by atoms with E-state index < -0.39 is 0 Å². The number of nitrogens with zero attached hydrogens (tertiary/aromatic N) is 2. The molecule has 4 nitrogen and oxygen atoms in total. The maximum absolute atomic E-state index is 14.3. The largest absolute Gasteiger partial charge is 0.287 e. The fourth-order valence-electron chi connectivity index (χ4n) is 8.63. The molecule has 286 valence electrons. The third-order valence-corrected chi connectivity index (χ3v) is 11.6. The van der Waals surface area contributed by atoms with Gasteiger partial charge in [0.05, 0.1) is 11.4 Å². The summed E-state index contributed by atoms with van der Waals surface area (Å²) < 4.78 is 0. The summed E-state index contributed by atoms with van der Waals surface area (Å²) >= 11 is 0. The number of aromatic nitrogens is 2. The Kier molecular flexibility index (Phi) is 9.80. The molecule has 0 radical (unpaired) electrons. The van der Waals surface area contributed by atoms with Crippen molar-refractivity contribution in [1.29, 1.82) is 0 Å². The third-order valence-electron chi connectivity index (χ3n) is 11.6. The van der Waals surface area contributed by atoms with E-state index >= 15 is 0 Å². The van der Waals surface area contributed by atoms with Gasteiger partial charge in [-0.1, -0.05) is 158 Å². The number of fused-ring (bicyclic) bond motifs is 2. The van der Waals surface area contributed by atoms with Gasteiger partial charge in [0, 0.05) is 22.3 Å². The van der Waals surface area contributed by atoms with E-state index in [2.05, 4.69) is 60.7 Å². The first-order chi connectivity index (χ1) is 29.6. The second-order valence-electron chi connectivity index (χ2n) is 15.5. The molecule has 0 saturated heterocycles. The van der Waals surface area contributed by atoms with Crippen molar-refractivity contribution in [2.75, 3.05) is 0 Å². The zero-order valence-corrected chi connectivity index (χ0v) is 33.0. The maximum Gasteiger partial charge on any atom is 0.207 e. The Labute approximate surface area is 350 Å². The smallest absolute Gasteiger partial charge is 0.207 e. The van der Waals surface area contributed by atoms with Gasteiger partial charge in [0.25, 0.3) is 0 Å². The van der Waals surface area contributed by atoms with Gasteiger partial charge in [0.1, 0.15) is 11.4 Å². The highest BCUT2D eigenvalue weighted by atomic mass is 16.1. The lowest BCUT2D eigenvalue weighted by Crippen LogP contribution is -2.18.